The summed E-state index contributed by atoms with van der Waals surface area (Å²) >= 11 is 6.21. The molecule has 9 heteroatoms. The zero-order valence-electron chi connectivity index (χ0n) is 15.8. The van der Waals surface area contributed by atoms with Crippen LogP contribution in [0.4, 0.5) is 17.1 Å². The van der Waals surface area contributed by atoms with Crippen molar-refractivity contribution in [3.63, 3.8) is 0 Å². The normalized spacial score (nSPS) is 10.9. The molecule has 0 saturated heterocycles. The van der Waals surface area contributed by atoms with E-state index in [9.17, 15) is 18.0 Å². The molecule has 0 saturated carbocycles. The van der Waals surface area contributed by atoms with Gasteiger partial charge in [0.1, 0.15) is 0 Å². The van der Waals surface area contributed by atoms with Gasteiger partial charge in [0.15, 0.2) is 0 Å². The molecule has 0 spiro atoms. The Morgan fingerprint density at radius 1 is 0.800 bits per heavy atom. The van der Waals surface area contributed by atoms with Crippen LogP contribution in [-0.4, -0.2) is 20.2 Å². The lowest BCUT2D eigenvalue weighted by Crippen LogP contribution is -2.15. The fourth-order valence-corrected chi connectivity index (χ4v) is 3.99. The number of benzene rings is 3. The first kappa shape index (κ1) is 21.4. The summed E-state index contributed by atoms with van der Waals surface area (Å²) in [5.41, 5.74) is 1.41. The molecule has 154 valence electrons. The number of hydrogen-bond acceptors (Lipinski definition) is 4. The predicted octanol–water partition coefficient (Wildman–Crippen LogP) is 4.35. The Morgan fingerprint density at radius 3 is 2.10 bits per heavy atom. The van der Waals surface area contributed by atoms with Crippen molar-refractivity contribution in [2.45, 2.75) is 11.8 Å². The molecule has 0 radical (unpaired) electrons. The molecule has 0 bridgehead atoms. The fraction of sp³-hybridized carbons (Fsp3) is 0.0476. The summed E-state index contributed by atoms with van der Waals surface area (Å²) in [5.74, 6) is -0.701. The Labute approximate surface area is 179 Å². The number of carbonyl (C=O) groups is 2. The highest BCUT2D eigenvalue weighted by Crippen LogP contribution is 2.25. The summed E-state index contributed by atoms with van der Waals surface area (Å²) in [5, 5.41) is 5.41. The standard InChI is InChI=1S/C21H18ClN3O4S/c1-14(26)23-15-6-5-7-16(12-15)24-21(27)19-11-10-17(13-20(19)22)25-30(28,29)18-8-3-2-4-9-18/h2-13,25H,1H3,(H,23,26)(H,24,27). The molecule has 3 rings (SSSR count). The molecule has 0 aromatic heterocycles. The second-order valence-corrected chi connectivity index (χ2v) is 8.42. The molecule has 30 heavy (non-hydrogen) atoms. The van der Waals surface area contributed by atoms with Gasteiger partial charge >= 0.3 is 0 Å². The molecular weight excluding hydrogens is 426 g/mol. The minimum Gasteiger partial charge on any atom is -0.326 e. The molecule has 0 atom stereocenters. The van der Waals surface area contributed by atoms with Gasteiger partial charge in [-0.25, -0.2) is 8.42 Å². The number of amides is 2. The molecule has 3 aromatic carbocycles. The van der Waals surface area contributed by atoms with E-state index in [0.29, 0.717) is 11.4 Å². The Hall–Kier alpha value is -3.36. The van der Waals surface area contributed by atoms with Crippen molar-refractivity contribution in [1.29, 1.82) is 0 Å². The van der Waals surface area contributed by atoms with Crippen molar-refractivity contribution in [3.8, 4) is 0 Å². The van der Waals surface area contributed by atoms with Crippen LogP contribution < -0.4 is 15.4 Å². The van der Waals surface area contributed by atoms with Crippen molar-refractivity contribution in [3.05, 3.63) is 83.4 Å². The van der Waals surface area contributed by atoms with E-state index in [1.807, 2.05) is 0 Å². The summed E-state index contributed by atoms with van der Waals surface area (Å²) in [6, 6.07) is 18.8. The van der Waals surface area contributed by atoms with Crippen molar-refractivity contribution in [2.24, 2.45) is 0 Å². The molecule has 2 amide bonds. The number of carbonyl (C=O) groups excluding carboxylic acids is 2. The first-order valence-electron chi connectivity index (χ1n) is 8.81. The van der Waals surface area contributed by atoms with E-state index < -0.39 is 15.9 Å². The first-order chi connectivity index (χ1) is 14.2. The van der Waals surface area contributed by atoms with E-state index in [0.717, 1.165) is 0 Å². The molecule has 0 fully saturated rings. The molecule has 0 aliphatic heterocycles. The van der Waals surface area contributed by atoms with Gasteiger partial charge in [0.05, 0.1) is 21.2 Å². The molecule has 0 aliphatic rings. The highest BCUT2D eigenvalue weighted by Gasteiger charge is 2.16. The van der Waals surface area contributed by atoms with Gasteiger partial charge in [-0.3, -0.25) is 14.3 Å². The van der Waals surface area contributed by atoms with E-state index in [4.69, 9.17) is 11.6 Å². The fourth-order valence-electron chi connectivity index (χ4n) is 2.65. The summed E-state index contributed by atoms with van der Waals surface area (Å²) in [4.78, 5) is 23.8. The molecular formula is C21H18ClN3O4S. The molecule has 3 N–H and O–H groups in total. The second-order valence-electron chi connectivity index (χ2n) is 6.33. The van der Waals surface area contributed by atoms with Crippen LogP contribution in [0.25, 0.3) is 0 Å². The van der Waals surface area contributed by atoms with Gasteiger partial charge in [0.25, 0.3) is 15.9 Å². The van der Waals surface area contributed by atoms with Gasteiger partial charge in [-0.15, -0.1) is 0 Å². The molecule has 0 heterocycles. The highest BCUT2D eigenvalue weighted by atomic mass is 35.5. The SMILES string of the molecule is CC(=O)Nc1cccc(NC(=O)c2ccc(NS(=O)(=O)c3ccccc3)cc2Cl)c1. The van der Waals surface area contributed by atoms with Crippen molar-refractivity contribution in [1.82, 2.24) is 0 Å². The van der Waals surface area contributed by atoms with Crippen molar-refractivity contribution >= 4 is 50.5 Å². The third-order valence-electron chi connectivity index (χ3n) is 3.96. The number of hydrogen-bond donors (Lipinski definition) is 3. The van der Waals surface area contributed by atoms with E-state index in [1.54, 1.807) is 42.5 Å². The van der Waals surface area contributed by atoms with Crippen LogP contribution in [0.15, 0.2) is 77.7 Å². The van der Waals surface area contributed by atoms with Crippen LogP contribution in [-0.2, 0) is 14.8 Å². The third kappa shape index (κ3) is 5.37. The van der Waals surface area contributed by atoms with E-state index >= 15 is 0 Å². The van der Waals surface area contributed by atoms with Crippen LogP contribution in [0.2, 0.25) is 5.02 Å². The number of nitrogens with one attached hydrogen (secondary N) is 3. The van der Waals surface area contributed by atoms with Gasteiger partial charge < -0.3 is 10.6 Å². The second kappa shape index (κ2) is 8.98. The summed E-state index contributed by atoms with van der Waals surface area (Å²) < 4.78 is 27.3. The van der Waals surface area contributed by atoms with Crippen LogP contribution in [0.1, 0.15) is 17.3 Å². The van der Waals surface area contributed by atoms with Crippen molar-refractivity contribution in [2.75, 3.05) is 15.4 Å². The first-order valence-corrected chi connectivity index (χ1v) is 10.7. The molecule has 7 nitrogen and oxygen atoms in total. The minimum atomic E-state index is -3.77. The third-order valence-corrected chi connectivity index (χ3v) is 5.67. The van der Waals surface area contributed by atoms with Crippen LogP contribution in [0.3, 0.4) is 0 Å². The Morgan fingerprint density at radius 2 is 1.47 bits per heavy atom. The smallest absolute Gasteiger partial charge is 0.261 e. The number of rotatable bonds is 6. The zero-order chi connectivity index (χ0) is 21.7. The Bertz CT molecular complexity index is 1200. The Balaban J connectivity index is 1.75. The number of sulfonamides is 1. The monoisotopic (exact) mass is 443 g/mol. The van der Waals surface area contributed by atoms with Crippen LogP contribution >= 0.6 is 11.6 Å². The summed E-state index contributed by atoms with van der Waals surface area (Å²) in [7, 11) is -3.77. The average molecular weight is 444 g/mol. The largest absolute Gasteiger partial charge is 0.326 e. The van der Waals surface area contributed by atoms with Gasteiger partial charge in [0.2, 0.25) is 5.91 Å². The van der Waals surface area contributed by atoms with Crippen LogP contribution in [0.5, 0.6) is 0 Å². The number of halogens is 1. The van der Waals surface area contributed by atoms with Gasteiger partial charge in [-0.2, -0.15) is 0 Å². The summed E-state index contributed by atoms with van der Waals surface area (Å²) in [6.45, 7) is 1.39. The maximum atomic E-state index is 12.6. The molecule has 3 aromatic rings. The lowest BCUT2D eigenvalue weighted by molar-refractivity contribution is -0.114. The Kier molecular flexibility index (Phi) is 6.39. The quantitative estimate of drug-likeness (QED) is 0.526. The lowest BCUT2D eigenvalue weighted by atomic mass is 10.2. The number of anilines is 3. The zero-order valence-corrected chi connectivity index (χ0v) is 17.4. The lowest BCUT2D eigenvalue weighted by Gasteiger charge is -2.11. The maximum absolute atomic E-state index is 12.6. The summed E-state index contributed by atoms with van der Waals surface area (Å²) in [6.07, 6.45) is 0. The minimum absolute atomic E-state index is 0.0822. The topological polar surface area (TPSA) is 104 Å². The highest BCUT2D eigenvalue weighted by molar-refractivity contribution is 7.92. The average Bonchev–Trinajstić information content (AvgIpc) is 2.68. The maximum Gasteiger partial charge on any atom is 0.261 e. The van der Waals surface area contributed by atoms with Gasteiger partial charge in [-0.05, 0) is 48.5 Å². The van der Waals surface area contributed by atoms with Crippen molar-refractivity contribution < 1.29 is 18.0 Å². The predicted molar refractivity (Wildman–Crippen MR) is 117 cm³/mol. The van der Waals surface area contributed by atoms with E-state index in [-0.39, 0.29) is 27.1 Å². The van der Waals surface area contributed by atoms with Crippen LogP contribution in [0, 0.1) is 0 Å². The van der Waals surface area contributed by atoms with Gasteiger partial charge in [-0.1, -0.05) is 35.9 Å². The molecule has 0 unspecified atom stereocenters. The van der Waals surface area contributed by atoms with E-state index in [2.05, 4.69) is 15.4 Å². The molecule has 0 aliphatic carbocycles. The van der Waals surface area contributed by atoms with E-state index in [1.165, 1.54) is 37.3 Å². The van der Waals surface area contributed by atoms with Gasteiger partial charge in [0, 0.05) is 18.3 Å².